The topological polar surface area (TPSA) is 29.3 Å². The maximum Gasteiger partial charge on any atom is 0.138 e. The molecule has 0 amide bonds. The Hall–Kier alpha value is -6.97. The Bertz CT molecular complexity index is 2910. The van der Waals surface area contributed by atoms with Gasteiger partial charge in [-0.2, -0.15) is 0 Å². The lowest BCUT2D eigenvalue weighted by atomic mass is 9.62. The molecule has 0 atom stereocenters. The van der Waals surface area contributed by atoms with Crippen molar-refractivity contribution in [2.45, 2.75) is 5.41 Å². The second kappa shape index (κ2) is 11.5. The van der Waals surface area contributed by atoms with E-state index in [0.29, 0.717) is 0 Å². The number of aromatic nitrogens is 1. The highest BCUT2D eigenvalue weighted by molar-refractivity contribution is 6.23. The van der Waals surface area contributed by atoms with Crippen molar-refractivity contribution >= 4 is 60.7 Å². The van der Waals surface area contributed by atoms with Crippen LogP contribution in [0.3, 0.4) is 0 Å². The van der Waals surface area contributed by atoms with Gasteiger partial charge in [-0.15, -0.1) is 0 Å². The fourth-order valence-corrected chi connectivity index (χ4v) is 8.86. The Balaban J connectivity index is 1.26. The molecular formula is C50H32N2O. The van der Waals surface area contributed by atoms with Crippen molar-refractivity contribution < 1.29 is 4.42 Å². The third kappa shape index (κ3) is 4.31. The summed E-state index contributed by atoms with van der Waals surface area (Å²) >= 11 is 0. The standard InChI is InChI=1S/C50H32N2O/c1-4-16-33(17-5-1)49-38-28-29-45-48(40-30-34-18-10-11-19-35(34)31-46(40)53-45)39(38)32-47(51-49)52-43-26-14-12-24-41(43)50(36-20-6-2-7-21-36,37-22-8-3-9-23-37)42-25-13-15-27-44(42)52/h1-32H. The van der Waals surface area contributed by atoms with E-state index in [1.807, 2.05) is 0 Å². The molecule has 248 valence electrons. The molecular weight excluding hydrogens is 645 g/mol. The van der Waals surface area contributed by atoms with Gasteiger partial charge in [-0.1, -0.05) is 152 Å². The number of anilines is 3. The fraction of sp³-hybridized carbons (Fsp3) is 0.0200. The molecule has 3 heteroatoms. The van der Waals surface area contributed by atoms with Gasteiger partial charge in [0.15, 0.2) is 0 Å². The Labute approximate surface area is 307 Å². The quantitative estimate of drug-likeness (QED) is 0.186. The first kappa shape index (κ1) is 29.7. The highest BCUT2D eigenvalue weighted by Gasteiger charge is 2.46. The van der Waals surface area contributed by atoms with E-state index >= 15 is 0 Å². The molecule has 11 rings (SSSR count). The largest absolute Gasteiger partial charge is 0.456 e. The number of para-hydroxylation sites is 2. The number of furan rings is 1. The van der Waals surface area contributed by atoms with Crippen molar-refractivity contribution in [3.63, 3.8) is 0 Å². The summed E-state index contributed by atoms with van der Waals surface area (Å²) in [6.45, 7) is 0. The molecule has 0 bridgehead atoms. The summed E-state index contributed by atoms with van der Waals surface area (Å²) < 4.78 is 6.60. The lowest BCUT2D eigenvalue weighted by Gasteiger charge is -2.46. The fourth-order valence-electron chi connectivity index (χ4n) is 8.86. The van der Waals surface area contributed by atoms with Crippen LogP contribution in [0, 0.1) is 0 Å². The number of hydrogen-bond donors (Lipinski definition) is 0. The van der Waals surface area contributed by atoms with E-state index in [9.17, 15) is 0 Å². The van der Waals surface area contributed by atoms with Crippen LogP contribution >= 0.6 is 0 Å². The van der Waals surface area contributed by atoms with E-state index in [1.54, 1.807) is 0 Å². The Morgan fingerprint density at radius 1 is 0.434 bits per heavy atom. The normalized spacial score (nSPS) is 13.4. The summed E-state index contributed by atoms with van der Waals surface area (Å²) in [5.41, 5.74) is 10.3. The summed E-state index contributed by atoms with van der Waals surface area (Å²) in [4.78, 5) is 7.97. The number of rotatable bonds is 4. The number of pyridine rings is 1. The summed E-state index contributed by atoms with van der Waals surface area (Å²) in [6, 6.07) is 69.6. The van der Waals surface area contributed by atoms with Crippen LogP contribution in [0.4, 0.5) is 17.2 Å². The molecule has 1 aliphatic rings. The highest BCUT2D eigenvalue weighted by Crippen LogP contribution is 2.57. The Kier molecular flexibility index (Phi) is 6.47. The van der Waals surface area contributed by atoms with Crippen molar-refractivity contribution in [1.82, 2.24) is 4.98 Å². The molecule has 53 heavy (non-hydrogen) atoms. The van der Waals surface area contributed by atoms with Crippen LogP contribution in [0.25, 0.3) is 54.7 Å². The third-order valence-electron chi connectivity index (χ3n) is 11.1. The molecule has 10 aromatic rings. The monoisotopic (exact) mass is 676 g/mol. The smallest absolute Gasteiger partial charge is 0.138 e. The number of hydrogen-bond acceptors (Lipinski definition) is 3. The van der Waals surface area contributed by atoms with E-state index in [2.05, 4.69) is 199 Å². The average Bonchev–Trinajstić information content (AvgIpc) is 3.60. The summed E-state index contributed by atoms with van der Waals surface area (Å²) in [6.07, 6.45) is 0. The van der Waals surface area contributed by atoms with Gasteiger partial charge in [-0.3, -0.25) is 4.90 Å². The molecule has 0 N–H and O–H groups in total. The predicted octanol–water partition coefficient (Wildman–Crippen LogP) is 13.1. The maximum absolute atomic E-state index is 6.60. The molecule has 0 saturated carbocycles. The SMILES string of the molecule is c1ccc(-c2nc(N3c4ccccc4C(c4ccccc4)(c4ccccc4)c4ccccc43)cc3c2ccc2oc4cc5ccccc5cc4c23)cc1. The van der Waals surface area contributed by atoms with E-state index in [0.717, 1.165) is 66.5 Å². The number of nitrogens with zero attached hydrogens (tertiary/aromatic N) is 2. The molecule has 0 radical (unpaired) electrons. The molecule has 3 nitrogen and oxygen atoms in total. The van der Waals surface area contributed by atoms with Crippen LogP contribution in [-0.2, 0) is 5.41 Å². The molecule has 0 spiro atoms. The zero-order valence-electron chi connectivity index (χ0n) is 28.8. The average molecular weight is 677 g/mol. The molecule has 0 fully saturated rings. The lowest BCUT2D eigenvalue weighted by molar-refractivity contribution is 0.670. The first-order valence-electron chi connectivity index (χ1n) is 18.1. The second-order valence-electron chi connectivity index (χ2n) is 13.9. The van der Waals surface area contributed by atoms with Crippen molar-refractivity contribution in [1.29, 1.82) is 0 Å². The molecule has 0 unspecified atom stereocenters. The van der Waals surface area contributed by atoms with E-state index in [-0.39, 0.29) is 0 Å². The van der Waals surface area contributed by atoms with E-state index in [1.165, 1.54) is 27.6 Å². The molecule has 1 aliphatic heterocycles. The van der Waals surface area contributed by atoms with Gasteiger partial charge in [0.25, 0.3) is 0 Å². The van der Waals surface area contributed by atoms with Gasteiger partial charge in [0.05, 0.1) is 22.5 Å². The van der Waals surface area contributed by atoms with Crippen LogP contribution in [0.15, 0.2) is 199 Å². The van der Waals surface area contributed by atoms with Crippen LogP contribution < -0.4 is 4.90 Å². The van der Waals surface area contributed by atoms with Crippen molar-refractivity contribution in [3.8, 4) is 11.3 Å². The number of benzene rings is 8. The Morgan fingerprint density at radius 2 is 0.981 bits per heavy atom. The van der Waals surface area contributed by atoms with Crippen molar-refractivity contribution in [2.24, 2.45) is 0 Å². The minimum Gasteiger partial charge on any atom is -0.456 e. The highest BCUT2D eigenvalue weighted by atomic mass is 16.3. The van der Waals surface area contributed by atoms with Gasteiger partial charge < -0.3 is 4.42 Å². The van der Waals surface area contributed by atoms with Gasteiger partial charge in [0.2, 0.25) is 0 Å². The van der Waals surface area contributed by atoms with E-state index in [4.69, 9.17) is 9.40 Å². The number of fused-ring (bicyclic) bond motifs is 8. The van der Waals surface area contributed by atoms with Crippen molar-refractivity contribution in [2.75, 3.05) is 4.90 Å². The lowest BCUT2D eigenvalue weighted by Crippen LogP contribution is -2.37. The predicted molar refractivity (Wildman–Crippen MR) is 219 cm³/mol. The summed E-state index contributed by atoms with van der Waals surface area (Å²) in [5, 5.41) is 6.76. The molecule has 2 aromatic heterocycles. The zero-order valence-corrected chi connectivity index (χ0v) is 28.8. The van der Waals surface area contributed by atoms with Crippen molar-refractivity contribution in [3.05, 3.63) is 216 Å². The minimum absolute atomic E-state index is 0.555. The van der Waals surface area contributed by atoms with Gasteiger partial charge in [0.1, 0.15) is 17.0 Å². The minimum atomic E-state index is -0.555. The summed E-state index contributed by atoms with van der Waals surface area (Å²) in [7, 11) is 0. The first-order chi connectivity index (χ1) is 26.3. The van der Waals surface area contributed by atoms with Gasteiger partial charge >= 0.3 is 0 Å². The zero-order chi connectivity index (χ0) is 34.9. The van der Waals surface area contributed by atoms with E-state index < -0.39 is 5.41 Å². The second-order valence-corrected chi connectivity index (χ2v) is 13.9. The first-order valence-corrected chi connectivity index (χ1v) is 18.1. The van der Waals surface area contributed by atoms with Crippen LogP contribution in [-0.4, -0.2) is 4.98 Å². The molecule has 0 aliphatic carbocycles. The van der Waals surface area contributed by atoms with Crippen LogP contribution in [0.5, 0.6) is 0 Å². The molecule has 3 heterocycles. The van der Waals surface area contributed by atoms with Gasteiger partial charge in [-0.05, 0) is 80.9 Å². The third-order valence-corrected chi connectivity index (χ3v) is 11.1. The molecule has 8 aromatic carbocycles. The van der Waals surface area contributed by atoms with Crippen LogP contribution in [0.1, 0.15) is 22.3 Å². The molecule has 0 saturated heterocycles. The summed E-state index contributed by atoms with van der Waals surface area (Å²) in [5.74, 6) is 0.855. The Morgan fingerprint density at radius 3 is 1.62 bits per heavy atom. The van der Waals surface area contributed by atoms with Gasteiger partial charge in [-0.25, -0.2) is 4.98 Å². The van der Waals surface area contributed by atoms with Crippen LogP contribution in [0.2, 0.25) is 0 Å². The maximum atomic E-state index is 6.60. The van der Waals surface area contributed by atoms with Gasteiger partial charge in [0, 0.05) is 21.7 Å².